The van der Waals surface area contributed by atoms with Crippen LogP contribution in [0.1, 0.15) is 4.88 Å². The summed E-state index contributed by atoms with van der Waals surface area (Å²) < 4.78 is 0. The molecule has 86 valence electrons. The molecular formula is C12H10ClN3S. The highest BCUT2D eigenvalue weighted by atomic mass is 35.5. The van der Waals surface area contributed by atoms with Crippen molar-refractivity contribution in [2.75, 3.05) is 19.0 Å². The summed E-state index contributed by atoms with van der Waals surface area (Å²) in [6, 6.07) is 10.0. The van der Waals surface area contributed by atoms with E-state index in [2.05, 4.69) is 4.98 Å². The maximum absolute atomic E-state index is 8.82. The van der Waals surface area contributed by atoms with Crippen LogP contribution < -0.4 is 4.90 Å². The van der Waals surface area contributed by atoms with E-state index in [-0.39, 0.29) is 5.15 Å². The van der Waals surface area contributed by atoms with E-state index in [1.807, 2.05) is 49.3 Å². The van der Waals surface area contributed by atoms with Crippen LogP contribution in [0.15, 0.2) is 24.3 Å². The molecule has 0 spiro atoms. The predicted octanol–water partition coefficient (Wildman–Crippen LogP) is 3.40. The average molecular weight is 264 g/mol. The fourth-order valence-electron chi connectivity index (χ4n) is 1.40. The van der Waals surface area contributed by atoms with Crippen LogP contribution in [0.5, 0.6) is 0 Å². The van der Waals surface area contributed by atoms with Gasteiger partial charge in [-0.2, -0.15) is 5.26 Å². The Morgan fingerprint density at radius 2 is 1.94 bits per heavy atom. The van der Waals surface area contributed by atoms with E-state index in [0.29, 0.717) is 4.88 Å². The van der Waals surface area contributed by atoms with Crippen LogP contribution in [0.2, 0.25) is 5.15 Å². The molecule has 0 aliphatic carbocycles. The van der Waals surface area contributed by atoms with Crippen molar-refractivity contribution in [2.45, 2.75) is 0 Å². The molecule has 1 aromatic carbocycles. The first-order valence-electron chi connectivity index (χ1n) is 4.96. The van der Waals surface area contributed by atoms with E-state index >= 15 is 0 Å². The highest BCUT2D eigenvalue weighted by molar-refractivity contribution is 7.16. The van der Waals surface area contributed by atoms with Gasteiger partial charge < -0.3 is 4.90 Å². The van der Waals surface area contributed by atoms with Gasteiger partial charge in [0.05, 0.1) is 0 Å². The van der Waals surface area contributed by atoms with Crippen molar-refractivity contribution in [1.82, 2.24) is 4.98 Å². The Labute approximate surface area is 109 Å². The van der Waals surface area contributed by atoms with Crippen LogP contribution in [0.4, 0.5) is 5.69 Å². The molecule has 5 heteroatoms. The van der Waals surface area contributed by atoms with Crippen LogP contribution in [-0.4, -0.2) is 19.1 Å². The zero-order valence-corrected chi connectivity index (χ0v) is 11.0. The van der Waals surface area contributed by atoms with Gasteiger partial charge in [0.15, 0.2) is 5.15 Å². The summed E-state index contributed by atoms with van der Waals surface area (Å²) in [6.45, 7) is 0. The third kappa shape index (κ3) is 2.41. The third-order valence-corrected chi connectivity index (χ3v) is 3.71. The van der Waals surface area contributed by atoms with Crippen molar-refractivity contribution in [3.05, 3.63) is 34.3 Å². The zero-order chi connectivity index (χ0) is 12.4. The van der Waals surface area contributed by atoms with E-state index in [1.165, 1.54) is 11.3 Å². The molecule has 0 N–H and O–H groups in total. The molecule has 0 saturated carbocycles. The van der Waals surface area contributed by atoms with Crippen LogP contribution in [-0.2, 0) is 0 Å². The topological polar surface area (TPSA) is 39.9 Å². The quantitative estimate of drug-likeness (QED) is 0.834. The largest absolute Gasteiger partial charge is 0.378 e. The second-order valence-corrected chi connectivity index (χ2v) is 5.05. The number of rotatable bonds is 2. The number of anilines is 1. The molecule has 17 heavy (non-hydrogen) atoms. The zero-order valence-electron chi connectivity index (χ0n) is 9.44. The van der Waals surface area contributed by atoms with Gasteiger partial charge in [0.1, 0.15) is 16.0 Å². The lowest BCUT2D eigenvalue weighted by Crippen LogP contribution is -2.07. The molecule has 2 aromatic rings. The normalized spacial score (nSPS) is 10.0. The molecule has 0 bridgehead atoms. The summed E-state index contributed by atoms with van der Waals surface area (Å²) >= 11 is 7.15. The van der Waals surface area contributed by atoms with E-state index in [9.17, 15) is 0 Å². The Hall–Kier alpha value is -1.57. The molecule has 1 heterocycles. The maximum Gasteiger partial charge on any atom is 0.158 e. The number of benzene rings is 1. The first kappa shape index (κ1) is 11.9. The van der Waals surface area contributed by atoms with Gasteiger partial charge in [-0.3, -0.25) is 0 Å². The smallest absolute Gasteiger partial charge is 0.158 e. The van der Waals surface area contributed by atoms with Crippen molar-refractivity contribution >= 4 is 28.6 Å². The molecule has 3 nitrogen and oxygen atoms in total. The average Bonchev–Trinajstić information content (AvgIpc) is 2.70. The number of nitriles is 1. The molecule has 0 aliphatic heterocycles. The number of hydrogen-bond acceptors (Lipinski definition) is 4. The van der Waals surface area contributed by atoms with Crippen LogP contribution in [0.3, 0.4) is 0 Å². The van der Waals surface area contributed by atoms with Gasteiger partial charge >= 0.3 is 0 Å². The standard InChI is InChI=1S/C12H10ClN3S/c1-16(2)9-5-3-8(4-6-9)12-15-11(13)10(7-14)17-12/h3-6H,1-2H3. The lowest BCUT2D eigenvalue weighted by Gasteiger charge is -2.11. The minimum Gasteiger partial charge on any atom is -0.378 e. The van der Waals surface area contributed by atoms with Gasteiger partial charge in [0, 0.05) is 25.3 Å². The summed E-state index contributed by atoms with van der Waals surface area (Å²) in [7, 11) is 3.98. The fraction of sp³-hybridized carbons (Fsp3) is 0.167. The SMILES string of the molecule is CN(C)c1ccc(-c2nc(Cl)c(C#N)s2)cc1. The molecule has 1 aromatic heterocycles. The molecule has 0 unspecified atom stereocenters. The van der Waals surface area contributed by atoms with Crippen molar-refractivity contribution in [3.63, 3.8) is 0 Å². The number of hydrogen-bond donors (Lipinski definition) is 0. The second kappa shape index (κ2) is 4.74. The summed E-state index contributed by atoms with van der Waals surface area (Å²) in [4.78, 5) is 6.66. The maximum atomic E-state index is 8.82. The van der Waals surface area contributed by atoms with Crippen LogP contribution >= 0.6 is 22.9 Å². The van der Waals surface area contributed by atoms with E-state index < -0.39 is 0 Å². The van der Waals surface area contributed by atoms with Crippen LogP contribution in [0.25, 0.3) is 10.6 Å². The third-order valence-electron chi connectivity index (χ3n) is 2.32. The summed E-state index contributed by atoms with van der Waals surface area (Å²) in [5, 5.41) is 9.88. The minimum atomic E-state index is 0.282. The highest BCUT2D eigenvalue weighted by Gasteiger charge is 2.10. The minimum absolute atomic E-state index is 0.282. The van der Waals surface area contributed by atoms with Crippen molar-refractivity contribution in [3.8, 4) is 16.6 Å². The Balaban J connectivity index is 2.37. The Morgan fingerprint density at radius 3 is 2.41 bits per heavy atom. The number of halogens is 1. The molecule has 0 amide bonds. The Bertz CT molecular complexity index is 566. The van der Waals surface area contributed by atoms with Crippen molar-refractivity contribution in [1.29, 1.82) is 5.26 Å². The molecule has 0 fully saturated rings. The highest BCUT2D eigenvalue weighted by Crippen LogP contribution is 2.31. The summed E-state index contributed by atoms with van der Waals surface area (Å²) in [5.74, 6) is 0. The molecule has 0 saturated heterocycles. The van der Waals surface area contributed by atoms with Gasteiger partial charge in [-0.15, -0.1) is 11.3 Å². The molecular weight excluding hydrogens is 254 g/mol. The van der Waals surface area contributed by atoms with Crippen molar-refractivity contribution < 1.29 is 0 Å². The Kier molecular flexibility index (Phi) is 3.32. The number of thiazole rings is 1. The van der Waals surface area contributed by atoms with Crippen molar-refractivity contribution in [2.24, 2.45) is 0 Å². The summed E-state index contributed by atoms with van der Waals surface area (Å²) in [5.41, 5.74) is 2.10. The van der Waals surface area contributed by atoms with E-state index in [1.54, 1.807) is 0 Å². The first-order valence-corrected chi connectivity index (χ1v) is 6.15. The van der Waals surface area contributed by atoms with E-state index in [0.717, 1.165) is 16.3 Å². The first-order chi connectivity index (χ1) is 8.11. The monoisotopic (exact) mass is 263 g/mol. The van der Waals surface area contributed by atoms with Gasteiger partial charge in [0.25, 0.3) is 0 Å². The van der Waals surface area contributed by atoms with Gasteiger partial charge in [-0.25, -0.2) is 4.98 Å². The van der Waals surface area contributed by atoms with E-state index in [4.69, 9.17) is 16.9 Å². The van der Waals surface area contributed by atoms with Gasteiger partial charge in [-0.05, 0) is 24.3 Å². The molecule has 0 aliphatic rings. The number of nitrogens with zero attached hydrogens (tertiary/aromatic N) is 3. The van der Waals surface area contributed by atoms with Gasteiger partial charge in [-0.1, -0.05) is 11.6 Å². The lowest BCUT2D eigenvalue weighted by molar-refractivity contribution is 1.13. The second-order valence-electron chi connectivity index (χ2n) is 3.69. The predicted molar refractivity (Wildman–Crippen MR) is 71.6 cm³/mol. The summed E-state index contributed by atoms with van der Waals surface area (Å²) in [6.07, 6.45) is 0. The Morgan fingerprint density at radius 1 is 1.29 bits per heavy atom. The molecule has 2 rings (SSSR count). The lowest BCUT2D eigenvalue weighted by atomic mass is 10.2. The molecule has 0 atom stereocenters. The van der Waals surface area contributed by atoms with Crippen LogP contribution in [0, 0.1) is 11.3 Å². The fourth-order valence-corrected chi connectivity index (χ4v) is 2.45. The number of aromatic nitrogens is 1. The molecule has 0 radical (unpaired) electrons. The van der Waals surface area contributed by atoms with Gasteiger partial charge in [0.2, 0.25) is 0 Å².